The Balaban J connectivity index is 2.18. The van der Waals surface area contributed by atoms with Crippen LogP contribution in [0.3, 0.4) is 0 Å². The van der Waals surface area contributed by atoms with Crippen molar-refractivity contribution in [1.29, 1.82) is 0 Å². The van der Waals surface area contributed by atoms with Crippen LogP contribution >= 0.6 is 0 Å². The quantitative estimate of drug-likeness (QED) is 0.279. The Hall–Kier alpha value is -1.30. The Kier molecular flexibility index (Phi) is 15.3. The highest BCUT2D eigenvalue weighted by Crippen LogP contribution is 2.39. The van der Waals surface area contributed by atoms with Gasteiger partial charge in [0.1, 0.15) is 23.9 Å². The van der Waals surface area contributed by atoms with Crippen LogP contribution in [0.25, 0.3) is 0 Å². The first kappa shape index (κ1) is 45.1. The van der Waals surface area contributed by atoms with Crippen LogP contribution in [0.15, 0.2) is 0 Å². The first-order valence-electron chi connectivity index (χ1n) is 19.0. The molecular formula is C38H70N2O12. The van der Waals surface area contributed by atoms with E-state index in [1.54, 1.807) is 48.5 Å². The van der Waals surface area contributed by atoms with Gasteiger partial charge < -0.3 is 53.7 Å². The van der Waals surface area contributed by atoms with E-state index in [1.807, 2.05) is 44.8 Å². The molecule has 0 amide bonds. The molecule has 304 valence electrons. The van der Waals surface area contributed by atoms with Crippen molar-refractivity contribution in [1.82, 2.24) is 9.80 Å². The van der Waals surface area contributed by atoms with Crippen LogP contribution in [0.4, 0.5) is 0 Å². The molecular weight excluding hydrogens is 676 g/mol. The van der Waals surface area contributed by atoms with Crippen molar-refractivity contribution < 1.29 is 58.4 Å². The first-order valence-corrected chi connectivity index (χ1v) is 19.0. The number of likely N-dealkylation sites (N-methyl/N-ethyl adjacent to an activating group) is 2. The van der Waals surface area contributed by atoms with Gasteiger partial charge in [-0.1, -0.05) is 20.8 Å². The van der Waals surface area contributed by atoms with E-state index in [2.05, 4.69) is 0 Å². The summed E-state index contributed by atoms with van der Waals surface area (Å²) in [6.45, 7) is 17.8. The summed E-state index contributed by atoms with van der Waals surface area (Å²) in [5.74, 6) is -2.96. The lowest BCUT2D eigenvalue weighted by molar-refractivity contribution is -0.305. The molecule has 0 spiro atoms. The third kappa shape index (κ3) is 9.92. The molecule has 3 saturated heterocycles. The van der Waals surface area contributed by atoms with Gasteiger partial charge in [-0.05, 0) is 94.8 Å². The Labute approximate surface area is 311 Å². The normalized spacial score (nSPS) is 48.2. The van der Waals surface area contributed by atoms with E-state index in [9.17, 15) is 30.0 Å². The topological polar surface area (TPSA) is 177 Å². The number of Topliss-reactive ketones (excluding diaryl/α,β-unsaturated/α-hetero) is 1. The zero-order valence-corrected chi connectivity index (χ0v) is 34.1. The lowest BCUT2D eigenvalue weighted by Crippen LogP contribution is -2.60. The number of aliphatic hydroxyl groups is 4. The number of carbonyl (C=O) groups is 2. The van der Waals surface area contributed by atoms with Crippen LogP contribution in [0.2, 0.25) is 0 Å². The molecule has 0 unspecified atom stereocenters. The van der Waals surface area contributed by atoms with Gasteiger partial charge in [-0.25, -0.2) is 0 Å². The molecule has 14 nitrogen and oxygen atoms in total. The maximum absolute atomic E-state index is 14.2. The molecule has 0 aromatic rings. The highest BCUT2D eigenvalue weighted by atomic mass is 16.7. The minimum Gasteiger partial charge on any atom is -0.459 e. The molecule has 0 aromatic carbocycles. The van der Waals surface area contributed by atoms with Gasteiger partial charge >= 0.3 is 5.97 Å². The van der Waals surface area contributed by atoms with Crippen LogP contribution in [0.1, 0.15) is 94.9 Å². The summed E-state index contributed by atoms with van der Waals surface area (Å²) in [7, 11) is 6.98. The number of esters is 1. The van der Waals surface area contributed by atoms with Gasteiger partial charge in [-0.3, -0.25) is 14.5 Å². The highest BCUT2D eigenvalue weighted by molar-refractivity contribution is 5.87. The molecule has 4 N–H and O–H groups in total. The third-order valence-corrected chi connectivity index (χ3v) is 12.0. The van der Waals surface area contributed by atoms with Crippen molar-refractivity contribution in [3.05, 3.63) is 0 Å². The molecule has 3 rings (SSSR count). The molecule has 3 fully saturated rings. The lowest BCUT2D eigenvalue weighted by Gasteiger charge is -2.48. The standard InChI is InChI=1S/C38H70N2O12/c1-15-27-38(10,46)31(42)24(6)40(13)19-20(2)17-36(8,45)33(52-35-29(41)26(39(11)12)16-21(3)48-35)22(4)30(23(5)34(44)50-27)51-28-18-37(9,47-14)32(43)25(7)49-28/h20-28,30-33,35,42-43,45-46H,15-19H2,1-14H3/t20-,21-,22+,23-,24-,25+,26+,27-,28+,30+,31-,32+,33-,35+,36-,37-,38-/m1/s1. The number of hydrogen-bond donors (Lipinski definition) is 4. The zero-order chi connectivity index (χ0) is 39.7. The minimum atomic E-state index is -1.81. The molecule has 52 heavy (non-hydrogen) atoms. The summed E-state index contributed by atoms with van der Waals surface area (Å²) >= 11 is 0. The van der Waals surface area contributed by atoms with E-state index in [1.165, 1.54) is 14.0 Å². The molecule has 3 aliphatic heterocycles. The third-order valence-electron chi connectivity index (χ3n) is 12.0. The van der Waals surface area contributed by atoms with Crippen molar-refractivity contribution in [2.24, 2.45) is 17.8 Å². The second-order valence-electron chi connectivity index (χ2n) is 17.0. The van der Waals surface area contributed by atoms with Gasteiger partial charge in [0.2, 0.25) is 12.1 Å². The molecule has 0 bridgehead atoms. The average Bonchev–Trinajstić information content (AvgIpc) is 3.05. The predicted octanol–water partition coefficient (Wildman–Crippen LogP) is 2.11. The average molecular weight is 747 g/mol. The SMILES string of the molecule is CC[C@H]1OC(=O)[C@H](C)[C@@H](O[C@H]2C[C@@](C)(OC)[C@@H](O)[C@H](C)O2)[C@H](C)[C@@H](O[C@@H]2O[C@H](C)C[C@H](N(C)C)C2=O)[C@](C)(O)C[C@@H](C)CN(C)[C@H](C)[C@@H](O)[C@]1(C)O. The Bertz CT molecular complexity index is 1190. The summed E-state index contributed by atoms with van der Waals surface area (Å²) in [5, 5.41) is 46.6. The number of ketones is 1. The number of hydrogen-bond acceptors (Lipinski definition) is 14. The van der Waals surface area contributed by atoms with Gasteiger partial charge in [-0.15, -0.1) is 0 Å². The molecule has 14 heteroatoms. The van der Waals surface area contributed by atoms with Gasteiger partial charge in [0.25, 0.3) is 0 Å². The maximum Gasteiger partial charge on any atom is 0.311 e. The summed E-state index contributed by atoms with van der Waals surface area (Å²) in [4.78, 5) is 31.7. The molecule has 0 aromatic heterocycles. The van der Waals surface area contributed by atoms with E-state index in [-0.39, 0.29) is 37.1 Å². The first-order chi connectivity index (χ1) is 23.9. The minimum absolute atomic E-state index is 0.119. The van der Waals surface area contributed by atoms with Gasteiger partial charge in [0.15, 0.2) is 6.29 Å². The number of rotatable bonds is 7. The van der Waals surface area contributed by atoms with Crippen LogP contribution in [-0.2, 0) is 38.0 Å². The molecule has 17 atom stereocenters. The van der Waals surface area contributed by atoms with Gasteiger partial charge in [-0.2, -0.15) is 0 Å². The molecule has 0 saturated carbocycles. The van der Waals surface area contributed by atoms with Crippen molar-refractivity contribution in [3.63, 3.8) is 0 Å². The second-order valence-corrected chi connectivity index (χ2v) is 17.0. The number of cyclic esters (lactones) is 1. The summed E-state index contributed by atoms with van der Waals surface area (Å²) < 4.78 is 37.3. The monoisotopic (exact) mass is 746 g/mol. The van der Waals surface area contributed by atoms with Crippen molar-refractivity contribution in [2.45, 2.75) is 179 Å². The summed E-state index contributed by atoms with van der Waals surface area (Å²) in [6, 6.07) is -1.01. The van der Waals surface area contributed by atoms with Gasteiger partial charge in [0.05, 0.1) is 47.6 Å². The van der Waals surface area contributed by atoms with Crippen LogP contribution in [0, 0.1) is 17.8 Å². The maximum atomic E-state index is 14.2. The van der Waals surface area contributed by atoms with E-state index in [0.717, 1.165) is 0 Å². The van der Waals surface area contributed by atoms with E-state index in [4.69, 9.17) is 28.4 Å². The number of aliphatic hydroxyl groups excluding tert-OH is 2. The van der Waals surface area contributed by atoms with Crippen LogP contribution in [-0.4, -0.2) is 161 Å². The number of nitrogens with zero attached hydrogens (tertiary/aromatic N) is 2. The Morgan fingerprint density at radius 2 is 1.56 bits per heavy atom. The summed E-state index contributed by atoms with van der Waals surface area (Å²) in [6.07, 6.45) is -7.70. The van der Waals surface area contributed by atoms with E-state index < -0.39 is 95.9 Å². The van der Waals surface area contributed by atoms with E-state index >= 15 is 0 Å². The highest BCUT2D eigenvalue weighted by Gasteiger charge is 2.52. The van der Waals surface area contributed by atoms with Gasteiger partial charge in [0, 0.05) is 32.0 Å². The molecule has 3 aliphatic rings. The van der Waals surface area contributed by atoms with Crippen LogP contribution < -0.4 is 0 Å². The summed E-state index contributed by atoms with van der Waals surface area (Å²) in [5.41, 5.74) is -4.44. The Morgan fingerprint density at radius 3 is 2.12 bits per heavy atom. The number of ether oxygens (including phenoxy) is 6. The second kappa shape index (κ2) is 17.7. The van der Waals surface area contributed by atoms with Crippen molar-refractivity contribution in [3.8, 4) is 0 Å². The van der Waals surface area contributed by atoms with Crippen molar-refractivity contribution >= 4 is 11.8 Å². The fraction of sp³-hybridized carbons (Fsp3) is 0.947. The van der Waals surface area contributed by atoms with Crippen LogP contribution in [0.5, 0.6) is 0 Å². The molecule has 3 heterocycles. The fourth-order valence-corrected chi connectivity index (χ4v) is 8.56. The largest absolute Gasteiger partial charge is 0.459 e. The number of methoxy groups -OCH3 is 1. The molecule has 0 aliphatic carbocycles. The zero-order valence-electron chi connectivity index (χ0n) is 34.1. The predicted molar refractivity (Wildman–Crippen MR) is 193 cm³/mol. The fourth-order valence-electron chi connectivity index (χ4n) is 8.56. The number of carbonyl (C=O) groups excluding carboxylic acids is 2. The van der Waals surface area contributed by atoms with Crippen molar-refractivity contribution in [2.75, 3.05) is 34.8 Å². The Morgan fingerprint density at radius 1 is 0.942 bits per heavy atom. The molecule has 0 radical (unpaired) electrons. The smallest absolute Gasteiger partial charge is 0.311 e. The lowest BCUT2D eigenvalue weighted by atomic mass is 9.77. The van der Waals surface area contributed by atoms with E-state index in [0.29, 0.717) is 13.0 Å².